The molecule has 0 spiro atoms. The molecule has 0 bridgehead atoms. The molecule has 4 heteroatoms. The van der Waals surface area contributed by atoms with Gasteiger partial charge in [-0.3, -0.25) is 9.78 Å². The lowest BCUT2D eigenvalue weighted by atomic mass is 10.3. The summed E-state index contributed by atoms with van der Waals surface area (Å²) in [6, 6.07) is 4.01. The van der Waals surface area contributed by atoms with Gasteiger partial charge >= 0.3 is 0 Å². The van der Waals surface area contributed by atoms with Crippen molar-refractivity contribution >= 4 is 11.6 Å². The predicted octanol–water partition coefficient (Wildman–Crippen LogP) is 1.43. The van der Waals surface area contributed by atoms with E-state index in [4.69, 9.17) is 0 Å². The zero-order valence-electron chi connectivity index (χ0n) is 10.1. The molecule has 0 atom stereocenters. The van der Waals surface area contributed by atoms with Crippen LogP contribution in [-0.4, -0.2) is 30.0 Å². The molecule has 1 heterocycles. The third kappa shape index (κ3) is 3.62. The number of nitrogens with one attached hydrogen (secondary N) is 1. The second-order valence-electron chi connectivity index (χ2n) is 3.88. The summed E-state index contributed by atoms with van der Waals surface area (Å²) in [5, 5.41) is 3.12. The quantitative estimate of drug-likeness (QED) is 0.818. The molecular weight excluding hydrogens is 202 g/mol. The van der Waals surface area contributed by atoms with E-state index in [9.17, 15) is 4.79 Å². The van der Waals surface area contributed by atoms with E-state index in [-0.39, 0.29) is 5.91 Å². The largest absolute Gasteiger partial charge is 0.311 e. The molecule has 0 unspecified atom stereocenters. The summed E-state index contributed by atoms with van der Waals surface area (Å²) in [7, 11) is 0. The Morgan fingerprint density at radius 1 is 1.44 bits per heavy atom. The van der Waals surface area contributed by atoms with Gasteiger partial charge in [-0.15, -0.1) is 0 Å². The number of anilines is 1. The van der Waals surface area contributed by atoms with Gasteiger partial charge in [0.2, 0.25) is 5.91 Å². The van der Waals surface area contributed by atoms with Crippen molar-refractivity contribution in [2.45, 2.75) is 26.8 Å². The number of hydrogen-bond acceptors (Lipinski definition) is 3. The Labute approximate surface area is 96.7 Å². The SMILES string of the molecule is CCN(C(=O)CNC(C)C)c1ccncc1. The number of aromatic nitrogens is 1. The number of pyridine rings is 1. The molecule has 0 radical (unpaired) electrons. The zero-order valence-corrected chi connectivity index (χ0v) is 10.1. The third-order valence-electron chi connectivity index (χ3n) is 2.25. The van der Waals surface area contributed by atoms with E-state index in [2.05, 4.69) is 10.3 Å². The van der Waals surface area contributed by atoms with Crippen LogP contribution in [0.5, 0.6) is 0 Å². The minimum absolute atomic E-state index is 0.0856. The second kappa shape index (κ2) is 6.23. The highest BCUT2D eigenvalue weighted by Gasteiger charge is 2.13. The normalized spacial score (nSPS) is 10.5. The molecule has 0 aliphatic rings. The summed E-state index contributed by atoms with van der Waals surface area (Å²) in [5.74, 6) is 0.0856. The molecule has 16 heavy (non-hydrogen) atoms. The Morgan fingerprint density at radius 2 is 2.06 bits per heavy atom. The molecule has 1 aromatic heterocycles. The predicted molar refractivity (Wildman–Crippen MR) is 65.4 cm³/mol. The highest BCUT2D eigenvalue weighted by molar-refractivity contribution is 5.94. The molecule has 1 amide bonds. The number of amides is 1. The first-order chi connectivity index (χ1) is 7.65. The molecule has 1 aromatic rings. The summed E-state index contributed by atoms with van der Waals surface area (Å²) in [4.78, 5) is 17.6. The second-order valence-corrected chi connectivity index (χ2v) is 3.88. The first kappa shape index (κ1) is 12.6. The van der Waals surface area contributed by atoms with Gasteiger partial charge in [-0.05, 0) is 19.1 Å². The zero-order chi connectivity index (χ0) is 12.0. The minimum Gasteiger partial charge on any atom is -0.311 e. The molecule has 88 valence electrons. The van der Waals surface area contributed by atoms with Gasteiger partial charge in [-0.2, -0.15) is 0 Å². The van der Waals surface area contributed by atoms with Crippen molar-refractivity contribution in [2.24, 2.45) is 0 Å². The lowest BCUT2D eigenvalue weighted by Gasteiger charge is -2.21. The molecule has 1 N–H and O–H groups in total. The Bertz CT molecular complexity index is 324. The van der Waals surface area contributed by atoms with Gasteiger partial charge in [0.1, 0.15) is 0 Å². The van der Waals surface area contributed by atoms with Gasteiger partial charge in [-0.25, -0.2) is 0 Å². The maximum Gasteiger partial charge on any atom is 0.240 e. The molecule has 0 fully saturated rings. The summed E-state index contributed by atoms with van der Waals surface area (Å²) in [6.07, 6.45) is 3.39. The van der Waals surface area contributed by atoms with Crippen LogP contribution in [-0.2, 0) is 4.79 Å². The van der Waals surface area contributed by atoms with Gasteiger partial charge in [-0.1, -0.05) is 13.8 Å². The smallest absolute Gasteiger partial charge is 0.240 e. The van der Waals surface area contributed by atoms with Crippen LogP contribution in [0.3, 0.4) is 0 Å². The van der Waals surface area contributed by atoms with Crippen molar-refractivity contribution in [3.63, 3.8) is 0 Å². The van der Waals surface area contributed by atoms with E-state index in [0.29, 0.717) is 19.1 Å². The van der Waals surface area contributed by atoms with E-state index < -0.39 is 0 Å². The van der Waals surface area contributed by atoms with Gasteiger partial charge < -0.3 is 10.2 Å². The van der Waals surface area contributed by atoms with Crippen LogP contribution >= 0.6 is 0 Å². The molecule has 1 rings (SSSR count). The number of likely N-dealkylation sites (N-methyl/N-ethyl adjacent to an activating group) is 1. The molecule has 4 nitrogen and oxygen atoms in total. The molecule has 0 aliphatic heterocycles. The Hall–Kier alpha value is -1.42. The Balaban J connectivity index is 2.64. The third-order valence-corrected chi connectivity index (χ3v) is 2.25. The van der Waals surface area contributed by atoms with E-state index in [1.165, 1.54) is 0 Å². The molecule has 0 saturated heterocycles. The number of hydrogen-bond donors (Lipinski definition) is 1. The van der Waals surface area contributed by atoms with E-state index in [1.54, 1.807) is 17.3 Å². The van der Waals surface area contributed by atoms with Crippen molar-refractivity contribution in [1.82, 2.24) is 10.3 Å². The Morgan fingerprint density at radius 3 is 2.56 bits per heavy atom. The van der Waals surface area contributed by atoms with Crippen LogP contribution in [0.2, 0.25) is 0 Å². The van der Waals surface area contributed by atoms with Gasteiger partial charge in [0, 0.05) is 30.7 Å². The fourth-order valence-corrected chi connectivity index (χ4v) is 1.41. The lowest BCUT2D eigenvalue weighted by Crippen LogP contribution is -2.40. The van der Waals surface area contributed by atoms with Gasteiger partial charge in [0.25, 0.3) is 0 Å². The van der Waals surface area contributed by atoms with Crippen LogP contribution in [0.1, 0.15) is 20.8 Å². The monoisotopic (exact) mass is 221 g/mol. The van der Waals surface area contributed by atoms with Crippen molar-refractivity contribution in [1.29, 1.82) is 0 Å². The maximum atomic E-state index is 11.9. The Kier molecular flexibility index (Phi) is 4.92. The highest BCUT2D eigenvalue weighted by atomic mass is 16.2. The van der Waals surface area contributed by atoms with Crippen LogP contribution in [0.15, 0.2) is 24.5 Å². The first-order valence-electron chi connectivity index (χ1n) is 5.59. The standard InChI is InChI=1S/C12H19N3O/c1-4-15(11-5-7-13-8-6-11)12(16)9-14-10(2)3/h5-8,10,14H,4,9H2,1-3H3. The summed E-state index contributed by atoms with van der Waals surface area (Å²) < 4.78 is 0. The molecular formula is C12H19N3O. The molecule has 0 saturated carbocycles. The maximum absolute atomic E-state index is 11.9. The summed E-state index contributed by atoms with van der Waals surface area (Å²) in [5.41, 5.74) is 0.896. The van der Waals surface area contributed by atoms with E-state index >= 15 is 0 Å². The fourth-order valence-electron chi connectivity index (χ4n) is 1.41. The average Bonchev–Trinajstić information content (AvgIpc) is 2.29. The first-order valence-corrected chi connectivity index (χ1v) is 5.59. The van der Waals surface area contributed by atoms with Crippen LogP contribution in [0.4, 0.5) is 5.69 Å². The summed E-state index contributed by atoms with van der Waals surface area (Å²) in [6.45, 7) is 7.05. The average molecular weight is 221 g/mol. The lowest BCUT2D eigenvalue weighted by molar-refractivity contribution is -0.117. The number of carbonyl (C=O) groups excluding carboxylic acids is 1. The number of rotatable bonds is 5. The molecule has 0 aliphatic carbocycles. The highest BCUT2D eigenvalue weighted by Crippen LogP contribution is 2.11. The van der Waals surface area contributed by atoms with Gasteiger partial charge in [0.05, 0.1) is 6.54 Å². The minimum atomic E-state index is 0.0856. The number of nitrogens with zero attached hydrogens (tertiary/aromatic N) is 2. The van der Waals surface area contributed by atoms with Crippen molar-refractivity contribution in [2.75, 3.05) is 18.0 Å². The number of carbonyl (C=O) groups is 1. The fraction of sp³-hybridized carbons (Fsp3) is 0.500. The van der Waals surface area contributed by atoms with E-state index in [0.717, 1.165) is 5.69 Å². The van der Waals surface area contributed by atoms with Crippen molar-refractivity contribution in [3.05, 3.63) is 24.5 Å². The van der Waals surface area contributed by atoms with Gasteiger partial charge in [0.15, 0.2) is 0 Å². The van der Waals surface area contributed by atoms with Crippen molar-refractivity contribution in [3.8, 4) is 0 Å². The van der Waals surface area contributed by atoms with Crippen LogP contribution < -0.4 is 10.2 Å². The topological polar surface area (TPSA) is 45.2 Å². The van der Waals surface area contributed by atoms with Crippen LogP contribution in [0, 0.1) is 0 Å². The van der Waals surface area contributed by atoms with E-state index in [1.807, 2.05) is 32.9 Å². The summed E-state index contributed by atoms with van der Waals surface area (Å²) >= 11 is 0. The van der Waals surface area contributed by atoms with Crippen LogP contribution in [0.25, 0.3) is 0 Å². The van der Waals surface area contributed by atoms with Crippen molar-refractivity contribution < 1.29 is 4.79 Å². The molecule has 0 aromatic carbocycles.